The van der Waals surface area contributed by atoms with E-state index in [1.807, 2.05) is 18.2 Å². The molecule has 0 aliphatic rings. The summed E-state index contributed by atoms with van der Waals surface area (Å²) in [7, 11) is 0. The number of primary amides is 1. The van der Waals surface area contributed by atoms with Crippen molar-refractivity contribution in [2.24, 2.45) is 5.73 Å². The van der Waals surface area contributed by atoms with E-state index < -0.39 is 5.41 Å². The van der Waals surface area contributed by atoms with Gasteiger partial charge in [-0.25, -0.2) is 0 Å². The Balaban J connectivity index is 2.09. The van der Waals surface area contributed by atoms with Crippen LogP contribution in [0.15, 0.2) is 103 Å². The van der Waals surface area contributed by atoms with Crippen LogP contribution in [-0.4, -0.2) is 5.91 Å². The van der Waals surface area contributed by atoms with Crippen LogP contribution < -0.4 is 5.73 Å². The molecule has 0 aliphatic carbocycles. The summed E-state index contributed by atoms with van der Waals surface area (Å²) in [4.78, 5) is 12.6. The van der Waals surface area contributed by atoms with Crippen molar-refractivity contribution in [2.75, 3.05) is 0 Å². The third kappa shape index (κ3) is 5.76. The molecule has 0 atom stereocenters. The third-order valence-corrected chi connectivity index (χ3v) is 6.19. The minimum atomic E-state index is -0.587. The molecule has 1 amide bonds. The molecule has 2 heteroatoms. The Morgan fingerprint density at radius 1 is 0.688 bits per heavy atom. The Kier molecular flexibility index (Phi) is 8.86. The molecule has 0 unspecified atom stereocenters. The first-order valence-electron chi connectivity index (χ1n) is 11.9. The van der Waals surface area contributed by atoms with Crippen LogP contribution in [0.25, 0.3) is 0 Å². The monoisotopic (exact) mass is 425 g/mol. The summed E-state index contributed by atoms with van der Waals surface area (Å²) in [5.41, 5.74) is 9.42. The summed E-state index contributed by atoms with van der Waals surface area (Å²) in [5.74, 6) is -0.328. The van der Waals surface area contributed by atoms with Gasteiger partial charge in [0.1, 0.15) is 0 Å². The summed E-state index contributed by atoms with van der Waals surface area (Å²) in [5, 5.41) is 0. The smallest absolute Gasteiger partial charge is 0.244 e. The maximum atomic E-state index is 12.6. The van der Waals surface area contributed by atoms with Crippen molar-refractivity contribution in [1.82, 2.24) is 0 Å². The number of hydrogen-bond acceptors (Lipinski definition) is 1. The zero-order valence-electron chi connectivity index (χ0n) is 19.2. The number of amides is 1. The number of unbranched alkanes of at least 4 members (excludes halogenated alkanes) is 5. The highest BCUT2D eigenvalue weighted by Crippen LogP contribution is 2.41. The SMILES string of the molecule is CCCCCCCC/C(=C/C(c1ccccc1)(c1ccccc1)c1ccccc1)C(N)=O. The van der Waals surface area contributed by atoms with E-state index in [1.165, 1.54) is 25.7 Å². The van der Waals surface area contributed by atoms with E-state index in [0.29, 0.717) is 12.0 Å². The Labute approximate surface area is 193 Å². The lowest BCUT2D eigenvalue weighted by Crippen LogP contribution is -2.29. The maximum Gasteiger partial charge on any atom is 0.244 e. The number of rotatable bonds is 12. The fourth-order valence-corrected chi connectivity index (χ4v) is 4.48. The molecule has 0 saturated carbocycles. The van der Waals surface area contributed by atoms with Gasteiger partial charge >= 0.3 is 0 Å². The molecule has 2 nitrogen and oxygen atoms in total. The van der Waals surface area contributed by atoms with Crippen LogP contribution in [0.5, 0.6) is 0 Å². The predicted molar refractivity (Wildman–Crippen MR) is 134 cm³/mol. The van der Waals surface area contributed by atoms with Crippen molar-refractivity contribution in [1.29, 1.82) is 0 Å². The van der Waals surface area contributed by atoms with Gasteiger partial charge in [0.15, 0.2) is 0 Å². The van der Waals surface area contributed by atoms with E-state index in [1.54, 1.807) is 0 Å². The lowest BCUT2D eigenvalue weighted by Gasteiger charge is -2.34. The van der Waals surface area contributed by atoms with E-state index in [0.717, 1.165) is 29.5 Å². The number of carbonyl (C=O) groups excluding carboxylic acids is 1. The number of nitrogens with two attached hydrogens (primary N) is 1. The molecule has 2 N–H and O–H groups in total. The zero-order valence-corrected chi connectivity index (χ0v) is 19.2. The fraction of sp³-hybridized carbons (Fsp3) is 0.300. The van der Waals surface area contributed by atoms with Crippen LogP contribution in [0, 0.1) is 0 Å². The first-order chi connectivity index (χ1) is 15.7. The van der Waals surface area contributed by atoms with Gasteiger partial charge in [-0.2, -0.15) is 0 Å². The van der Waals surface area contributed by atoms with Crippen molar-refractivity contribution in [2.45, 2.75) is 57.3 Å². The zero-order chi connectivity index (χ0) is 22.7. The highest BCUT2D eigenvalue weighted by atomic mass is 16.1. The average molecular weight is 426 g/mol. The minimum Gasteiger partial charge on any atom is -0.366 e. The van der Waals surface area contributed by atoms with Crippen LogP contribution in [0.4, 0.5) is 0 Å². The Morgan fingerprint density at radius 3 is 1.50 bits per heavy atom. The quantitative estimate of drug-likeness (QED) is 0.186. The van der Waals surface area contributed by atoms with Crippen LogP contribution in [0.1, 0.15) is 68.6 Å². The number of hydrogen-bond donors (Lipinski definition) is 1. The molecule has 3 aromatic rings. The summed E-state index contributed by atoms with van der Waals surface area (Å²) in [6.07, 6.45) is 9.91. The lowest BCUT2D eigenvalue weighted by atomic mass is 9.68. The number of benzene rings is 3. The predicted octanol–water partition coefficient (Wildman–Crippen LogP) is 7.18. The molecule has 0 bridgehead atoms. The molecular formula is C30H35NO. The van der Waals surface area contributed by atoms with Crippen molar-refractivity contribution < 1.29 is 4.79 Å². The van der Waals surface area contributed by atoms with E-state index in [9.17, 15) is 4.79 Å². The number of carbonyl (C=O) groups is 1. The Morgan fingerprint density at radius 2 is 1.09 bits per heavy atom. The van der Waals surface area contributed by atoms with Gasteiger partial charge in [-0.05, 0) is 29.5 Å². The molecule has 3 rings (SSSR count). The molecular weight excluding hydrogens is 390 g/mol. The minimum absolute atomic E-state index is 0.328. The van der Waals surface area contributed by atoms with Crippen LogP contribution in [0.2, 0.25) is 0 Å². The summed E-state index contributed by atoms with van der Waals surface area (Å²) in [6.45, 7) is 2.23. The second kappa shape index (κ2) is 12.0. The van der Waals surface area contributed by atoms with Crippen LogP contribution >= 0.6 is 0 Å². The van der Waals surface area contributed by atoms with Gasteiger partial charge in [0.05, 0.1) is 5.41 Å². The Bertz CT molecular complexity index is 880. The van der Waals surface area contributed by atoms with Gasteiger partial charge in [-0.3, -0.25) is 4.79 Å². The standard InChI is InChI=1S/C30H35NO/c1-2-3-4-5-6-10-17-25(29(31)32)24-30(26-18-11-7-12-19-26,27-20-13-8-14-21-27)28-22-15-9-16-23-28/h7-9,11-16,18-24H,2-6,10,17H2,1H3,(H2,31,32)/b25-24-. The highest BCUT2D eigenvalue weighted by molar-refractivity contribution is 5.92. The first-order valence-corrected chi connectivity index (χ1v) is 11.9. The van der Waals surface area contributed by atoms with E-state index in [4.69, 9.17) is 5.73 Å². The second-order valence-electron chi connectivity index (χ2n) is 8.46. The molecule has 0 radical (unpaired) electrons. The first kappa shape index (κ1) is 23.5. The van der Waals surface area contributed by atoms with Crippen LogP contribution in [-0.2, 0) is 10.2 Å². The van der Waals surface area contributed by atoms with E-state index in [2.05, 4.69) is 85.8 Å². The fourth-order valence-electron chi connectivity index (χ4n) is 4.48. The van der Waals surface area contributed by atoms with Gasteiger partial charge in [0.25, 0.3) is 0 Å². The van der Waals surface area contributed by atoms with E-state index in [-0.39, 0.29) is 5.91 Å². The summed E-state index contributed by atoms with van der Waals surface area (Å²) >= 11 is 0. The molecule has 3 aromatic carbocycles. The average Bonchev–Trinajstić information content (AvgIpc) is 2.85. The third-order valence-electron chi connectivity index (χ3n) is 6.19. The van der Waals surface area contributed by atoms with Crippen LogP contribution in [0.3, 0.4) is 0 Å². The van der Waals surface area contributed by atoms with Crippen molar-refractivity contribution >= 4 is 5.91 Å². The van der Waals surface area contributed by atoms with Gasteiger partial charge in [0.2, 0.25) is 5.91 Å². The maximum absolute atomic E-state index is 12.6. The van der Waals surface area contributed by atoms with E-state index >= 15 is 0 Å². The molecule has 0 fully saturated rings. The second-order valence-corrected chi connectivity index (χ2v) is 8.46. The van der Waals surface area contributed by atoms with Crippen molar-refractivity contribution in [3.05, 3.63) is 119 Å². The molecule has 0 spiro atoms. The molecule has 0 heterocycles. The number of allylic oxidation sites excluding steroid dienone is 1. The van der Waals surface area contributed by atoms with Gasteiger partial charge < -0.3 is 5.73 Å². The topological polar surface area (TPSA) is 43.1 Å². The van der Waals surface area contributed by atoms with Crippen molar-refractivity contribution in [3.8, 4) is 0 Å². The molecule has 0 aromatic heterocycles. The molecule has 166 valence electrons. The summed E-state index contributed by atoms with van der Waals surface area (Å²) < 4.78 is 0. The molecule has 32 heavy (non-hydrogen) atoms. The van der Waals surface area contributed by atoms with Crippen molar-refractivity contribution in [3.63, 3.8) is 0 Å². The van der Waals surface area contributed by atoms with Gasteiger partial charge in [0, 0.05) is 5.57 Å². The highest BCUT2D eigenvalue weighted by Gasteiger charge is 2.35. The summed E-state index contributed by atoms with van der Waals surface area (Å²) in [6, 6.07) is 31.3. The Hall–Kier alpha value is -3.13. The normalized spacial score (nSPS) is 12.0. The molecule has 0 saturated heterocycles. The molecule has 0 aliphatic heterocycles. The largest absolute Gasteiger partial charge is 0.366 e. The lowest BCUT2D eigenvalue weighted by molar-refractivity contribution is -0.114. The van der Waals surface area contributed by atoms with Gasteiger partial charge in [-0.15, -0.1) is 0 Å². The van der Waals surface area contributed by atoms with Gasteiger partial charge in [-0.1, -0.05) is 136 Å².